The van der Waals surface area contributed by atoms with Crippen molar-refractivity contribution >= 4 is 17.3 Å². The fourth-order valence-corrected chi connectivity index (χ4v) is 3.56. The molecule has 0 radical (unpaired) electrons. The molecule has 1 N–H and O–H groups in total. The van der Waals surface area contributed by atoms with Crippen molar-refractivity contribution in [3.05, 3.63) is 63.2 Å². The van der Waals surface area contributed by atoms with Gasteiger partial charge >= 0.3 is 0 Å². The predicted octanol–water partition coefficient (Wildman–Crippen LogP) is 5.31. The molecule has 1 aliphatic rings. The molecule has 0 atom stereocenters. The third kappa shape index (κ3) is 4.88. The number of nitrogens with zero attached hydrogens (tertiary/aromatic N) is 1. The molecule has 148 valence electrons. The van der Waals surface area contributed by atoms with Gasteiger partial charge in [0.2, 0.25) is 5.91 Å². The minimum atomic E-state index is -0.461. The number of carbonyl (C=O) groups is 1. The van der Waals surface area contributed by atoms with Gasteiger partial charge in [-0.25, -0.2) is 0 Å². The molecule has 1 saturated carbocycles. The summed E-state index contributed by atoms with van der Waals surface area (Å²) in [6.45, 7) is 4.28. The van der Waals surface area contributed by atoms with Crippen molar-refractivity contribution in [2.45, 2.75) is 52.6 Å². The third-order valence-corrected chi connectivity index (χ3v) is 5.30. The van der Waals surface area contributed by atoms with Crippen LogP contribution in [0.2, 0.25) is 0 Å². The Morgan fingerprint density at radius 2 is 1.89 bits per heavy atom. The Bertz CT molecular complexity index is 873. The SMILES string of the molecule is Cc1ccc(C)c(COc2cc([N+](=O)[O-])ccc2NC(=O)C2CCCCC2)c1. The van der Waals surface area contributed by atoms with Gasteiger partial charge in [-0.05, 0) is 43.9 Å². The maximum Gasteiger partial charge on any atom is 0.273 e. The van der Waals surface area contributed by atoms with Gasteiger partial charge in [-0.15, -0.1) is 0 Å². The van der Waals surface area contributed by atoms with Gasteiger partial charge in [-0.1, -0.05) is 43.0 Å². The third-order valence-electron chi connectivity index (χ3n) is 5.30. The van der Waals surface area contributed by atoms with Crippen molar-refractivity contribution in [1.82, 2.24) is 0 Å². The van der Waals surface area contributed by atoms with E-state index in [1.54, 1.807) is 6.07 Å². The van der Waals surface area contributed by atoms with Gasteiger partial charge in [0.25, 0.3) is 5.69 Å². The van der Waals surface area contributed by atoms with E-state index in [-0.39, 0.29) is 24.1 Å². The van der Waals surface area contributed by atoms with Crippen molar-refractivity contribution in [3.63, 3.8) is 0 Å². The van der Waals surface area contributed by atoms with Gasteiger partial charge < -0.3 is 10.1 Å². The maximum atomic E-state index is 12.6. The Kier molecular flexibility index (Phi) is 6.29. The van der Waals surface area contributed by atoms with Crippen LogP contribution in [0.1, 0.15) is 48.8 Å². The second-order valence-corrected chi connectivity index (χ2v) is 7.48. The lowest BCUT2D eigenvalue weighted by Gasteiger charge is -2.21. The van der Waals surface area contributed by atoms with E-state index < -0.39 is 4.92 Å². The Labute approximate surface area is 165 Å². The summed E-state index contributed by atoms with van der Waals surface area (Å²) in [5.41, 5.74) is 3.63. The zero-order chi connectivity index (χ0) is 20.1. The molecule has 0 aliphatic heterocycles. The molecule has 0 saturated heterocycles. The van der Waals surface area contributed by atoms with Crippen LogP contribution in [-0.2, 0) is 11.4 Å². The van der Waals surface area contributed by atoms with Gasteiger partial charge in [0.05, 0.1) is 16.7 Å². The molecule has 1 amide bonds. The van der Waals surface area contributed by atoms with Crippen molar-refractivity contribution in [1.29, 1.82) is 0 Å². The van der Waals surface area contributed by atoms with E-state index in [4.69, 9.17) is 4.74 Å². The first-order chi connectivity index (χ1) is 13.4. The molecule has 0 aromatic heterocycles. The molecule has 0 spiro atoms. The van der Waals surface area contributed by atoms with E-state index in [9.17, 15) is 14.9 Å². The largest absolute Gasteiger partial charge is 0.486 e. The number of nitrogens with one attached hydrogen (secondary N) is 1. The number of non-ortho nitro benzene ring substituents is 1. The first-order valence-electron chi connectivity index (χ1n) is 9.72. The summed E-state index contributed by atoms with van der Waals surface area (Å²) in [4.78, 5) is 23.3. The topological polar surface area (TPSA) is 81.5 Å². The first-order valence-corrected chi connectivity index (χ1v) is 9.72. The van der Waals surface area contributed by atoms with Crippen LogP contribution in [0, 0.1) is 29.9 Å². The van der Waals surface area contributed by atoms with E-state index in [0.717, 1.165) is 42.4 Å². The fraction of sp³-hybridized carbons (Fsp3) is 0.409. The Hall–Kier alpha value is -2.89. The maximum absolute atomic E-state index is 12.6. The number of nitro groups is 1. The molecule has 3 rings (SSSR count). The molecule has 28 heavy (non-hydrogen) atoms. The average molecular weight is 382 g/mol. The van der Waals surface area contributed by atoms with E-state index >= 15 is 0 Å². The highest BCUT2D eigenvalue weighted by molar-refractivity contribution is 5.94. The van der Waals surface area contributed by atoms with E-state index in [1.807, 2.05) is 32.0 Å². The zero-order valence-corrected chi connectivity index (χ0v) is 16.4. The van der Waals surface area contributed by atoms with Gasteiger partial charge in [-0.2, -0.15) is 0 Å². The highest BCUT2D eigenvalue weighted by Crippen LogP contribution is 2.32. The standard InChI is InChI=1S/C22H26N2O4/c1-15-8-9-16(2)18(12-15)14-28-21-13-19(24(26)27)10-11-20(21)23-22(25)17-6-4-3-5-7-17/h8-13,17H,3-7,14H2,1-2H3,(H,23,25). The fourth-order valence-electron chi connectivity index (χ4n) is 3.56. The van der Waals surface area contributed by atoms with Gasteiger partial charge in [0.15, 0.2) is 0 Å². The van der Waals surface area contributed by atoms with Crippen LogP contribution in [0.5, 0.6) is 5.75 Å². The Balaban J connectivity index is 1.80. The smallest absolute Gasteiger partial charge is 0.273 e. The summed E-state index contributed by atoms with van der Waals surface area (Å²) in [6, 6.07) is 10.4. The summed E-state index contributed by atoms with van der Waals surface area (Å²) < 4.78 is 5.92. The molecule has 6 heteroatoms. The average Bonchev–Trinajstić information content (AvgIpc) is 2.70. The van der Waals surface area contributed by atoms with Gasteiger partial charge in [0, 0.05) is 12.0 Å². The van der Waals surface area contributed by atoms with Crippen LogP contribution < -0.4 is 10.1 Å². The van der Waals surface area contributed by atoms with E-state index in [0.29, 0.717) is 11.4 Å². The number of hydrogen-bond donors (Lipinski definition) is 1. The van der Waals surface area contributed by atoms with Crippen molar-refractivity contribution < 1.29 is 14.5 Å². The molecule has 0 heterocycles. The number of anilines is 1. The summed E-state index contributed by atoms with van der Waals surface area (Å²) in [7, 11) is 0. The van der Waals surface area contributed by atoms with Crippen LogP contribution in [0.4, 0.5) is 11.4 Å². The van der Waals surface area contributed by atoms with Gasteiger partial charge in [0.1, 0.15) is 12.4 Å². The predicted molar refractivity (Wildman–Crippen MR) is 109 cm³/mol. The number of rotatable bonds is 6. The molecule has 2 aromatic carbocycles. The summed E-state index contributed by atoms with van der Waals surface area (Å²) in [6.07, 6.45) is 5.07. The number of carbonyl (C=O) groups excluding carboxylic acids is 1. The summed E-state index contributed by atoms with van der Waals surface area (Å²) >= 11 is 0. The number of ether oxygens (including phenoxy) is 1. The Morgan fingerprint density at radius 3 is 2.61 bits per heavy atom. The lowest BCUT2D eigenvalue weighted by atomic mass is 9.88. The highest BCUT2D eigenvalue weighted by Gasteiger charge is 2.23. The second-order valence-electron chi connectivity index (χ2n) is 7.48. The van der Waals surface area contributed by atoms with Gasteiger partial charge in [-0.3, -0.25) is 14.9 Å². The molecule has 0 bridgehead atoms. The lowest BCUT2D eigenvalue weighted by Crippen LogP contribution is -2.25. The van der Waals surface area contributed by atoms with E-state index in [1.165, 1.54) is 18.6 Å². The minimum absolute atomic E-state index is 0.00388. The number of hydrogen-bond acceptors (Lipinski definition) is 4. The van der Waals surface area contributed by atoms with Crippen molar-refractivity contribution in [3.8, 4) is 5.75 Å². The monoisotopic (exact) mass is 382 g/mol. The first kappa shape index (κ1) is 19.9. The van der Waals surface area contributed by atoms with Crippen LogP contribution in [0.3, 0.4) is 0 Å². The van der Waals surface area contributed by atoms with Crippen LogP contribution in [0.15, 0.2) is 36.4 Å². The Morgan fingerprint density at radius 1 is 1.14 bits per heavy atom. The van der Waals surface area contributed by atoms with E-state index in [2.05, 4.69) is 5.32 Å². The molecule has 6 nitrogen and oxygen atoms in total. The molecule has 1 fully saturated rings. The van der Waals surface area contributed by atoms with Crippen LogP contribution >= 0.6 is 0 Å². The number of aryl methyl sites for hydroxylation is 2. The summed E-state index contributed by atoms with van der Waals surface area (Å²) in [5.74, 6) is 0.278. The van der Waals surface area contributed by atoms with Crippen molar-refractivity contribution in [2.24, 2.45) is 5.92 Å². The molecule has 2 aromatic rings. The second kappa shape index (κ2) is 8.87. The molecular formula is C22H26N2O4. The molecular weight excluding hydrogens is 356 g/mol. The quantitative estimate of drug-likeness (QED) is 0.542. The number of nitro benzene ring substituents is 1. The number of benzene rings is 2. The molecule has 1 aliphatic carbocycles. The van der Waals surface area contributed by atoms with Crippen molar-refractivity contribution in [2.75, 3.05) is 5.32 Å². The molecule has 0 unspecified atom stereocenters. The summed E-state index contributed by atoms with van der Waals surface area (Å²) in [5, 5.41) is 14.1. The van der Waals surface area contributed by atoms with Crippen LogP contribution in [-0.4, -0.2) is 10.8 Å². The highest BCUT2D eigenvalue weighted by atomic mass is 16.6. The number of amides is 1. The lowest BCUT2D eigenvalue weighted by molar-refractivity contribution is -0.384. The zero-order valence-electron chi connectivity index (χ0n) is 16.4. The minimum Gasteiger partial charge on any atom is -0.486 e. The van der Waals surface area contributed by atoms with Crippen LogP contribution in [0.25, 0.3) is 0 Å². The normalized spacial score (nSPS) is 14.5.